The molecule has 0 aliphatic rings. The number of benzene rings is 1. The maximum Gasteiger partial charge on any atom is 0.0777 e. The van der Waals surface area contributed by atoms with Crippen molar-refractivity contribution in [3.63, 3.8) is 0 Å². The van der Waals surface area contributed by atoms with Crippen molar-refractivity contribution in [3.05, 3.63) is 28.8 Å². The Labute approximate surface area is 89.7 Å². The van der Waals surface area contributed by atoms with E-state index in [1.165, 1.54) is 0 Å². The van der Waals surface area contributed by atoms with Gasteiger partial charge in [-0.15, -0.1) is 0 Å². The number of halogens is 1. The molecule has 4 nitrogen and oxygen atoms in total. The van der Waals surface area contributed by atoms with Gasteiger partial charge >= 0.3 is 0 Å². The van der Waals surface area contributed by atoms with Gasteiger partial charge in [0.1, 0.15) is 0 Å². The zero-order valence-electron chi connectivity index (χ0n) is 7.33. The zero-order chi connectivity index (χ0) is 10.6. The van der Waals surface area contributed by atoms with Crippen LogP contribution in [-0.2, 0) is 17.6 Å². The lowest BCUT2D eigenvalue weighted by Gasteiger charge is -2.12. The van der Waals surface area contributed by atoms with E-state index in [0.717, 1.165) is 5.56 Å². The minimum absolute atomic E-state index is 0.130. The highest BCUT2D eigenvalue weighted by Crippen LogP contribution is 2.19. The molecule has 0 aliphatic carbocycles. The number of rotatable bonds is 4. The van der Waals surface area contributed by atoms with E-state index in [0.29, 0.717) is 17.3 Å². The maximum absolute atomic E-state index is 10.3. The van der Waals surface area contributed by atoms with Crippen molar-refractivity contribution in [2.24, 2.45) is 5.73 Å². The normalized spacial score (nSPS) is 12.5. The van der Waals surface area contributed by atoms with Gasteiger partial charge in [0.15, 0.2) is 0 Å². The van der Waals surface area contributed by atoms with Gasteiger partial charge in [0.25, 0.3) is 0 Å². The minimum atomic E-state index is -2.12. The van der Waals surface area contributed by atoms with Gasteiger partial charge in [-0.05, 0) is 34.8 Å². The summed E-state index contributed by atoms with van der Waals surface area (Å²) >= 11 is 3.64. The van der Waals surface area contributed by atoms with Gasteiger partial charge in [0.05, 0.1) is 5.88 Å². The smallest absolute Gasteiger partial charge is 0.0777 e. The van der Waals surface area contributed by atoms with Crippen molar-refractivity contribution >= 4 is 28.4 Å². The molecule has 0 bridgehead atoms. The molecule has 0 heterocycles. The predicted molar refractivity (Wildman–Crippen MR) is 56.8 cm³/mol. The Kier molecular flexibility index (Phi) is 4.34. The summed E-state index contributed by atoms with van der Waals surface area (Å²) in [7, 11) is 0. The minimum Gasteiger partial charge on any atom is -0.771 e. The van der Waals surface area contributed by atoms with E-state index in [4.69, 9.17) is 17.3 Å². The van der Waals surface area contributed by atoms with Crippen molar-refractivity contribution < 1.29 is 8.76 Å². The van der Waals surface area contributed by atoms with Crippen LogP contribution in [0.5, 0.6) is 0 Å². The summed E-state index contributed by atoms with van der Waals surface area (Å²) in [6.45, 7) is 0.314. The highest BCUT2D eigenvalue weighted by molar-refractivity contribution is 7.79. The molecule has 1 aromatic rings. The molecule has 14 heavy (non-hydrogen) atoms. The molecule has 1 unspecified atom stereocenters. The van der Waals surface area contributed by atoms with Crippen LogP contribution >= 0.6 is 11.6 Å². The zero-order valence-corrected chi connectivity index (χ0v) is 8.90. The molecule has 1 atom stereocenters. The summed E-state index contributed by atoms with van der Waals surface area (Å²) in [4.78, 5) is 0. The molecule has 0 aromatic heterocycles. The van der Waals surface area contributed by atoms with Gasteiger partial charge in [0.2, 0.25) is 0 Å². The molecular weight excluding hydrogens is 224 g/mol. The molecule has 6 heteroatoms. The van der Waals surface area contributed by atoms with Gasteiger partial charge in [-0.1, -0.05) is 11.6 Å². The molecule has 3 N–H and O–H groups in total. The number of hydrogen-bond acceptors (Lipinski definition) is 4. The van der Waals surface area contributed by atoms with Crippen LogP contribution in [0.4, 0.5) is 5.69 Å². The summed E-state index contributed by atoms with van der Waals surface area (Å²) in [6, 6.07) is 5.09. The first-order chi connectivity index (χ1) is 6.63. The molecule has 78 valence electrons. The first-order valence-corrected chi connectivity index (χ1v) is 5.54. The molecule has 0 spiro atoms. The Morgan fingerprint density at radius 2 is 2.29 bits per heavy atom. The van der Waals surface area contributed by atoms with Gasteiger partial charge < -0.3 is 15.6 Å². The molecular formula is C8H10ClN2O2S-. The molecule has 0 saturated heterocycles. The van der Waals surface area contributed by atoms with E-state index in [1.807, 2.05) is 0 Å². The molecule has 0 radical (unpaired) electrons. The van der Waals surface area contributed by atoms with E-state index in [2.05, 4.69) is 5.32 Å². The van der Waals surface area contributed by atoms with Gasteiger partial charge in [-0.3, -0.25) is 4.21 Å². The fourth-order valence-electron chi connectivity index (χ4n) is 1.04. The van der Waals surface area contributed by atoms with Crippen LogP contribution in [0.1, 0.15) is 5.56 Å². The highest BCUT2D eigenvalue weighted by atomic mass is 35.5. The van der Waals surface area contributed by atoms with Crippen molar-refractivity contribution in [1.29, 1.82) is 0 Å². The van der Waals surface area contributed by atoms with Crippen LogP contribution in [0.3, 0.4) is 0 Å². The fourth-order valence-corrected chi connectivity index (χ4v) is 1.51. The highest BCUT2D eigenvalue weighted by Gasteiger charge is 2.00. The predicted octanol–water partition coefficient (Wildman–Crippen LogP) is 1.05. The Hall–Kier alpha value is -0.620. The second-order valence-corrected chi connectivity index (χ2v) is 3.96. The average Bonchev–Trinajstić information content (AvgIpc) is 2.15. The van der Waals surface area contributed by atoms with E-state index in [9.17, 15) is 8.76 Å². The number of nitrogens with one attached hydrogen (secondary N) is 1. The summed E-state index contributed by atoms with van der Waals surface area (Å²) in [5, 5.41) is 3.32. The molecule has 0 amide bonds. The van der Waals surface area contributed by atoms with E-state index < -0.39 is 11.1 Å². The Morgan fingerprint density at radius 3 is 2.86 bits per heavy atom. The lowest BCUT2D eigenvalue weighted by atomic mass is 10.2. The van der Waals surface area contributed by atoms with Crippen LogP contribution in [0.15, 0.2) is 18.2 Å². The third kappa shape index (κ3) is 3.26. The maximum atomic E-state index is 10.3. The molecule has 1 rings (SSSR count). The number of nitrogens with two attached hydrogens (primary N) is 1. The second kappa shape index (κ2) is 5.31. The van der Waals surface area contributed by atoms with E-state index in [-0.39, 0.29) is 5.88 Å². The third-order valence-corrected chi connectivity index (χ3v) is 2.28. The summed E-state index contributed by atoms with van der Waals surface area (Å²) in [5.74, 6) is -0.130. The molecule has 0 aliphatic heterocycles. The van der Waals surface area contributed by atoms with Crippen LogP contribution in [0.25, 0.3) is 0 Å². The van der Waals surface area contributed by atoms with Crippen LogP contribution in [-0.4, -0.2) is 14.6 Å². The summed E-state index contributed by atoms with van der Waals surface area (Å²) < 4.78 is 20.6. The number of anilines is 1. The largest absolute Gasteiger partial charge is 0.771 e. The monoisotopic (exact) mass is 233 g/mol. The van der Waals surface area contributed by atoms with Gasteiger partial charge in [0, 0.05) is 17.3 Å². The quantitative estimate of drug-likeness (QED) is 0.762. The lowest BCUT2D eigenvalue weighted by molar-refractivity contribution is 0.539. The van der Waals surface area contributed by atoms with Crippen LogP contribution in [0, 0.1) is 0 Å². The molecule has 0 fully saturated rings. The molecule has 0 saturated carbocycles. The SMILES string of the molecule is NCc1cc(Cl)ccc1NCS(=O)[O-]. The fraction of sp³-hybridized carbons (Fsp3) is 0.250. The lowest BCUT2D eigenvalue weighted by Crippen LogP contribution is -2.10. The van der Waals surface area contributed by atoms with Gasteiger partial charge in [-0.25, -0.2) is 0 Å². The van der Waals surface area contributed by atoms with Crippen molar-refractivity contribution in [1.82, 2.24) is 0 Å². The second-order valence-electron chi connectivity index (χ2n) is 2.63. The first-order valence-electron chi connectivity index (χ1n) is 3.91. The number of hydrogen-bond donors (Lipinski definition) is 2. The van der Waals surface area contributed by atoms with E-state index >= 15 is 0 Å². The standard InChI is InChI=1S/C8H11ClN2O2S/c9-7-1-2-8(6(3-7)4-10)11-5-14(12)13/h1-3,11H,4-5,10H2,(H,12,13)/p-1. The Balaban J connectivity index is 2.80. The third-order valence-electron chi connectivity index (χ3n) is 1.67. The summed E-state index contributed by atoms with van der Waals surface area (Å²) in [6.07, 6.45) is 0. The topological polar surface area (TPSA) is 78.2 Å². The van der Waals surface area contributed by atoms with Crippen molar-refractivity contribution in [3.8, 4) is 0 Å². The Morgan fingerprint density at radius 1 is 1.57 bits per heavy atom. The summed E-state index contributed by atoms with van der Waals surface area (Å²) in [5.41, 5.74) is 6.96. The van der Waals surface area contributed by atoms with Crippen LogP contribution in [0.2, 0.25) is 5.02 Å². The van der Waals surface area contributed by atoms with Crippen LogP contribution < -0.4 is 11.1 Å². The van der Waals surface area contributed by atoms with E-state index in [1.54, 1.807) is 18.2 Å². The van der Waals surface area contributed by atoms with Crippen molar-refractivity contribution in [2.75, 3.05) is 11.2 Å². The van der Waals surface area contributed by atoms with Gasteiger partial charge in [-0.2, -0.15) is 0 Å². The first kappa shape index (κ1) is 11.5. The molecule has 1 aromatic carbocycles. The average molecular weight is 234 g/mol. The Bertz CT molecular complexity index is 346. The van der Waals surface area contributed by atoms with Crippen molar-refractivity contribution in [2.45, 2.75) is 6.54 Å².